The molecule has 0 bridgehead atoms. The van der Waals surface area contributed by atoms with Crippen molar-refractivity contribution in [2.24, 2.45) is 0 Å². The van der Waals surface area contributed by atoms with Crippen molar-refractivity contribution >= 4 is 26.6 Å². The summed E-state index contributed by atoms with van der Waals surface area (Å²) in [5, 5.41) is 0.574. The Kier molecular flexibility index (Phi) is 3.23. The first-order chi connectivity index (χ1) is 3.48. The van der Waals surface area contributed by atoms with E-state index in [0.29, 0.717) is 5.04 Å². The minimum atomic E-state index is -0.103. The smallest absolute Gasteiger partial charge is 0.0333 e. The van der Waals surface area contributed by atoms with Gasteiger partial charge in [-0.1, -0.05) is 27.3 Å². The summed E-state index contributed by atoms with van der Waals surface area (Å²) in [6, 6.07) is 0. The van der Waals surface area contributed by atoms with Gasteiger partial charge in [0.1, 0.15) is 0 Å². The third-order valence-electron chi connectivity index (χ3n) is 1.31. The summed E-state index contributed by atoms with van der Waals surface area (Å²) in [6.45, 7) is 9.31. The first-order valence-electron chi connectivity index (χ1n) is 2.75. The van der Waals surface area contributed by atoms with Crippen molar-refractivity contribution in [3.05, 3.63) is 0 Å². The van der Waals surface area contributed by atoms with Crippen molar-refractivity contribution in [1.82, 2.24) is 0 Å². The van der Waals surface area contributed by atoms with Crippen LogP contribution in [0.15, 0.2) is 0 Å². The molecular formula is C5H12Si3. The van der Waals surface area contributed by atoms with Gasteiger partial charge in [0.2, 0.25) is 0 Å². The van der Waals surface area contributed by atoms with Gasteiger partial charge in [0.25, 0.3) is 0 Å². The molecule has 0 spiro atoms. The van der Waals surface area contributed by atoms with Crippen LogP contribution in [-0.2, 0) is 0 Å². The molecule has 3 heteroatoms. The molecule has 0 rings (SSSR count). The lowest BCUT2D eigenvalue weighted by molar-refractivity contribution is 0.750. The highest BCUT2D eigenvalue weighted by Gasteiger charge is 2.18. The average molecular weight is 156 g/mol. The Morgan fingerprint density at radius 2 is 1.75 bits per heavy atom. The molecule has 0 saturated heterocycles. The molecule has 0 unspecified atom stereocenters. The molecule has 6 radical (unpaired) electrons. The van der Waals surface area contributed by atoms with E-state index in [4.69, 9.17) is 0 Å². The van der Waals surface area contributed by atoms with Crippen LogP contribution in [0.4, 0.5) is 0 Å². The molecular weight excluding hydrogens is 144 g/mol. The molecule has 0 nitrogen and oxygen atoms in total. The molecule has 0 amide bonds. The molecule has 0 heterocycles. The molecule has 0 aromatic rings. The van der Waals surface area contributed by atoms with Gasteiger partial charge in [-0.15, -0.1) is 0 Å². The lowest BCUT2D eigenvalue weighted by Gasteiger charge is -2.23. The quantitative estimate of drug-likeness (QED) is 0.501. The molecule has 8 heavy (non-hydrogen) atoms. The van der Waals surface area contributed by atoms with E-state index in [1.165, 1.54) is 0 Å². The summed E-state index contributed by atoms with van der Waals surface area (Å²) in [5.41, 5.74) is 0. The van der Waals surface area contributed by atoms with Crippen molar-refractivity contribution in [2.45, 2.75) is 32.4 Å². The van der Waals surface area contributed by atoms with Crippen LogP contribution in [0.5, 0.6) is 0 Å². The highest BCUT2D eigenvalue weighted by molar-refractivity contribution is 7.31. The molecule has 0 saturated carbocycles. The molecule has 0 N–H and O–H groups in total. The predicted octanol–water partition coefficient (Wildman–Crippen LogP) is 1.20. The molecule has 0 aliphatic carbocycles. The summed E-state index contributed by atoms with van der Waals surface area (Å²) in [7, 11) is 4.46. The molecule has 0 aromatic carbocycles. The van der Waals surface area contributed by atoms with E-state index >= 15 is 0 Å². The zero-order valence-electron chi connectivity index (χ0n) is 6.00. The molecule has 0 aliphatic rings. The predicted molar refractivity (Wildman–Crippen MR) is 42.8 cm³/mol. The molecule has 0 aromatic heterocycles. The first kappa shape index (κ1) is 8.65. The van der Waals surface area contributed by atoms with E-state index in [9.17, 15) is 0 Å². The fourth-order valence-corrected chi connectivity index (χ4v) is 5.06. The van der Waals surface area contributed by atoms with Crippen molar-refractivity contribution in [2.75, 3.05) is 0 Å². The van der Waals surface area contributed by atoms with Crippen molar-refractivity contribution in [3.8, 4) is 0 Å². The largest absolute Gasteiger partial charge is 0.0733 e. The van der Waals surface area contributed by atoms with Gasteiger partial charge in [0.05, 0.1) is 0 Å². The second kappa shape index (κ2) is 2.98. The Labute approximate surface area is 59.5 Å². The van der Waals surface area contributed by atoms with E-state index in [-0.39, 0.29) is 8.31 Å². The molecule has 0 aliphatic heterocycles. The Hall–Kier alpha value is 0.651. The minimum absolute atomic E-state index is 0.103. The third kappa shape index (κ3) is 2.84. The Morgan fingerprint density at radius 3 is 1.75 bits per heavy atom. The molecule has 0 atom stereocenters. The Balaban J connectivity index is 3.62. The standard InChI is InChI=1S/C5H12Si3/c1-5(2,3)8(4)7-6/h1-4H3. The summed E-state index contributed by atoms with van der Waals surface area (Å²) in [6.07, 6.45) is 0. The lowest BCUT2D eigenvalue weighted by Crippen LogP contribution is -2.29. The van der Waals surface area contributed by atoms with Gasteiger partial charge in [0.15, 0.2) is 0 Å². The maximum Gasteiger partial charge on any atom is 0.0333 e. The summed E-state index contributed by atoms with van der Waals surface area (Å²) in [4.78, 5) is 0. The summed E-state index contributed by atoms with van der Waals surface area (Å²) < 4.78 is 0. The van der Waals surface area contributed by atoms with E-state index < -0.39 is 0 Å². The second-order valence-electron chi connectivity index (χ2n) is 3.00. The van der Waals surface area contributed by atoms with E-state index in [2.05, 4.69) is 37.1 Å². The maximum atomic E-state index is 3.57. The van der Waals surface area contributed by atoms with Crippen LogP contribution in [-0.4, -0.2) is 26.6 Å². The maximum absolute atomic E-state index is 3.57. The van der Waals surface area contributed by atoms with Crippen LogP contribution in [0.25, 0.3) is 0 Å². The van der Waals surface area contributed by atoms with Crippen LogP contribution in [0.1, 0.15) is 20.8 Å². The van der Waals surface area contributed by atoms with E-state index in [1.54, 1.807) is 0 Å². The van der Waals surface area contributed by atoms with Gasteiger partial charge in [0, 0.05) is 26.6 Å². The lowest BCUT2D eigenvalue weighted by atomic mass is 10.3. The van der Waals surface area contributed by atoms with Gasteiger partial charge in [-0.3, -0.25) is 0 Å². The van der Waals surface area contributed by atoms with Crippen LogP contribution in [0.3, 0.4) is 0 Å². The van der Waals surface area contributed by atoms with Crippen molar-refractivity contribution in [1.29, 1.82) is 0 Å². The van der Waals surface area contributed by atoms with Gasteiger partial charge in [-0.25, -0.2) is 0 Å². The summed E-state index contributed by atoms with van der Waals surface area (Å²) in [5.74, 6) is 0. The number of hydrogen-bond donors (Lipinski definition) is 0. The fraction of sp³-hybridized carbons (Fsp3) is 1.00. The molecule has 0 fully saturated rings. The normalized spacial score (nSPS) is 12.8. The van der Waals surface area contributed by atoms with Crippen LogP contribution in [0, 0.1) is 0 Å². The van der Waals surface area contributed by atoms with E-state index in [0.717, 1.165) is 8.55 Å². The Bertz CT molecular complexity index is 64.6. The fourth-order valence-electron chi connectivity index (χ4n) is 0.188. The van der Waals surface area contributed by atoms with Gasteiger partial charge < -0.3 is 0 Å². The zero-order chi connectivity index (χ0) is 6.78. The number of hydrogen-bond acceptors (Lipinski definition) is 0. The van der Waals surface area contributed by atoms with Gasteiger partial charge in [-0.05, 0) is 5.04 Å². The zero-order valence-corrected chi connectivity index (χ0v) is 9.00. The van der Waals surface area contributed by atoms with E-state index in [1.807, 2.05) is 0 Å². The topological polar surface area (TPSA) is 0 Å². The first-order valence-corrected chi connectivity index (χ1v) is 8.25. The number of rotatable bonds is 1. The molecule has 44 valence electrons. The van der Waals surface area contributed by atoms with Crippen molar-refractivity contribution in [3.63, 3.8) is 0 Å². The van der Waals surface area contributed by atoms with Crippen molar-refractivity contribution < 1.29 is 0 Å². The second-order valence-corrected chi connectivity index (χ2v) is 11.2. The summed E-state index contributed by atoms with van der Waals surface area (Å²) >= 11 is 0. The monoisotopic (exact) mass is 156 g/mol. The SMILES string of the molecule is C[Si]([Si][Si])C(C)(C)C. The highest BCUT2D eigenvalue weighted by atomic mass is 29.5. The third-order valence-corrected chi connectivity index (χ3v) is 10.7. The minimum Gasteiger partial charge on any atom is -0.0733 e. The Morgan fingerprint density at radius 1 is 1.38 bits per heavy atom. The van der Waals surface area contributed by atoms with Crippen LogP contribution < -0.4 is 0 Å². The van der Waals surface area contributed by atoms with Gasteiger partial charge >= 0.3 is 0 Å². The van der Waals surface area contributed by atoms with Crippen LogP contribution >= 0.6 is 0 Å². The van der Waals surface area contributed by atoms with Crippen LogP contribution in [0.2, 0.25) is 11.6 Å². The highest BCUT2D eigenvalue weighted by Crippen LogP contribution is 2.24. The average Bonchev–Trinajstić information content (AvgIpc) is 1.62. The van der Waals surface area contributed by atoms with Gasteiger partial charge in [-0.2, -0.15) is 0 Å².